The molecule has 1 amide bonds. The molecule has 1 fully saturated rings. The first-order valence-electron chi connectivity index (χ1n) is 15.2. The minimum absolute atomic E-state index is 0.0115. The van der Waals surface area contributed by atoms with Gasteiger partial charge in [0.2, 0.25) is 5.91 Å². The third-order valence-electron chi connectivity index (χ3n) is 7.41. The maximum atomic E-state index is 12.9. The van der Waals surface area contributed by atoms with Crippen LogP contribution in [0.2, 0.25) is 0 Å². The lowest BCUT2D eigenvalue weighted by molar-refractivity contribution is -0.123. The fraction of sp³-hybridized carbons (Fsp3) is 0.576. The number of unbranched alkanes of at least 4 members (excludes halogenated alkanes) is 3. The number of carbonyl (C=O) groups is 2. The van der Waals surface area contributed by atoms with Gasteiger partial charge in [-0.15, -0.1) is 0 Å². The van der Waals surface area contributed by atoms with Gasteiger partial charge in [-0.25, -0.2) is 0 Å². The smallest absolute Gasteiger partial charge is 0.220 e. The average molecular weight is 569 g/mol. The third-order valence-corrected chi connectivity index (χ3v) is 7.41. The van der Waals surface area contributed by atoms with Gasteiger partial charge in [0.15, 0.2) is 5.78 Å². The predicted octanol–water partition coefficient (Wildman–Crippen LogP) is 5.34. The number of hydrogen-bond donors (Lipinski definition) is 2. The minimum Gasteiger partial charge on any atom is -0.494 e. The zero-order chi connectivity index (χ0) is 29.3. The summed E-state index contributed by atoms with van der Waals surface area (Å²) in [6.07, 6.45) is 6.95. The van der Waals surface area contributed by atoms with Crippen LogP contribution < -0.4 is 14.8 Å². The van der Waals surface area contributed by atoms with Crippen molar-refractivity contribution in [1.82, 2.24) is 10.2 Å². The molecule has 2 aromatic carbocycles. The molecule has 0 radical (unpaired) electrons. The lowest BCUT2D eigenvalue weighted by atomic mass is 10.0. The lowest BCUT2D eigenvalue weighted by Crippen LogP contribution is -2.46. The summed E-state index contributed by atoms with van der Waals surface area (Å²) in [5.74, 6) is 1.30. The number of ketones is 1. The monoisotopic (exact) mass is 568 g/mol. The van der Waals surface area contributed by atoms with E-state index in [1.54, 1.807) is 31.4 Å². The van der Waals surface area contributed by atoms with E-state index in [1.807, 2.05) is 24.3 Å². The van der Waals surface area contributed by atoms with E-state index in [9.17, 15) is 14.7 Å². The second-order valence-corrected chi connectivity index (χ2v) is 10.7. The summed E-state index contributed by atoms with van der Waals surface area (Å²) < 4.78 is 16.4. The molecule has 0 aromatic heterocycles. The van der Waals surface area contributed by atoms with Crippen LogP contribution >= 0.6 is 0 Å². The van der Waals surface area contributed by atoms with Crippen molar-refractivity contribution in [2.45, 2.75) is 76.9 Å². The number of aliphatic hydroxyl groups excluding tert-OH is 1. The van der Waals surface area contributed by atoms with Crippen LogP contribution in [0.4, 0.5) is 0 Å². The molecule has 0 bridgehead atoms. The molecule has 0 aliphatic carbocycles. The van der Waals surface area contributed by atoms with E-state index in [0.717, 1.165) is 50.1 Å². The van der Waals surface area contributed by atoms with Crippen LogP contribution in [0.25, 0.3) is 0 Å². The van der Waals surface area contributed by atoms with E-state index >= 15 is 0 Å². The number of aliphatic hydroxyl groups is 1. The number of ether oxygens (including phenoxy) is 3. The van der Waals surface area contributed by atoms with Gasteiger partial charge in [0.05, 0.1) is 19.3 Å². The van der Waals surface area contributed by atoms with Crippen molar-refractivity contribution in [3.63, 3.8) is 0 Å². The van der Waals surface area contributed by atoms with Gasteiger partial charge < -0.3 is 29.5 Å². The summed E-state index contributed by atoms with van der Waals surface area (Å²) in [5, 5.41) is 14.3. The Morgan fingerprint density at radius 2 is 1.51 bits per heavy atom. The van der Waals surface area contributed by atoms with Crippen molar-refractivity contribution in [3.8, 4) is 11.5 Å². The van der Waals surface area contributed by atoms with Crippen LogP contribution in [0, 0.1) is 0 Å². The molecule has 226 valence electrons. The van der Waals surface area contributed by atoms with Crippen molar-refractivity contribution >= 4 is 11.7 Å². The Morgan fingerprint density at radius 1 is 0.854 bits per heavy atom. The molecule has 2 unspecified atom stereocenters. The van der Waals surface area contributed by atoms with Crippen LogP contribution in [0.15, 0.2) is 48.5 Å². The SMILES string of the molecule is CCCCCCOc1ccc(C(O)C(CN2CCCC2)NC(=O)CCCC(=O)c2ccc(OCCOC)cc2)cc1. The van der Waals surface area contributed by atoms with Crippen molar-refractivity contribution in [2.24, 2.45) is 0 Å². The van der Waals surface area contributed by atoms with Gasteiger partial charge in [-0.3, -0.25) is 9.59 Å². The first-order valence-corrected chi connectivity index (χ1v) is 15.2. The molecule has 8 heteroatoms. The van der Waals surface area contributed by atoms with Gasteiger partial charge in [-0.1, -0.05) is 38.3 Å². The van der Waals surface area contributed by atoms with Gasteiger partial charge >= 0.3 is 0 Å². The van der Waals surface area contributed by atoms with E-state index in [0.29, 0.717) is 44.1 Å². The summed E-state index contributed by atoms with van der Waals surface area (Å²) in [5.41, 5.74) is 1.35. The molecular weight excluding hydrogens is 520 g/mol. The molecule has 2 atom stereocenters. The molecule has 8 nitrogen and oxygen atoms in total. The van der Waals surface area contributed by atoms with Crippen LogP contribution in [0.1, 0.15) is 86.7 Å². The maximum Gasteiger partial charge on any atom is 0.220 e. The Hall–Kier alpha value is -2.94. The molecule has 1 heterocycles. The number of Topliss-reactive ketones (excluding diaryl/α,β-unsaturated/α-hetero) is 1. The van der Waals surface area contributed by atoms with Gasteiger partial charge in [-0.2, -0.15) is 0 Å². The second-order valence-electron chi connectivity index (χ2n) is 10.7. The fourth-order valence-corrected chi connectivity index (χ4v) is 4.99. The number of amides is 1. The number of rotatable bonds is 20. The van der Waals surface area contributed by atoms with E-state index in [4.69, 9.17) is 14.2 Å². The van der Waals surface area contributed by atoms with Crippen LogP contribution in [-0.2, 0) is 9.53 Å². The first-order chi connectivity index (χ1) is 20.0. The van der Waals surface area contributed by atoms with Gasteiger partial charge in [0.25, 0.3) is 0 Å². The highest BCUT2D eigenvalue weighted by molar-refractivity contribution is 5.96. The maximum absolute atomic E-state index is 12.9. The third kappa shape index (κ3) is 11.8. The topological polar surface area (TPSA) is 97.3 Å². The number of likely N-dealkylation sites (tertiary alicyclic amines) is 1. The summed E-state index contributed by atoms with van der Waals surface area (Å²) in [6.45, 7) is 6.34. The fourth-order valence-electron chi connectivity index (χ4n) is 4.99. The second kappa shape index (κ2) is 18.5. The van der Waals surface area contributed by atoms with Crippen LogP contribution in [0.3, 0.4) is 0 Å². The Morgan fingerprint density at radius 3 is 2.17 bits per heavy atom. The normalized spacial score (nSPS) is 14.9. The van der Waals surface area contributed by atoms with E-state index < -0.39 is 12.1 Å². The number of nitrogens with zero attached hydrogens (tertiary/aromatic N) is 1. The molecule has 1 aliphatic rings. The molecule has 0 saturated carbocycles. The van der Waals surface area contributed by atoms with Crippen molar-refractivity contribution in [3.05, 3.63) is 59.7 Å². The molecular formula is C33H48N2O6. The Labute approximate surface area is 245 Å². The predicted molar refractivity (Wildman–Crippen MR) is 161 cm³/mol. The molecule has 1 aliphatic heterocycles. The summed E-state index contributed by atoms with van der Waals surface area (Å²) in [6, 6.07) is 14.1. The molecule has 41 heavy (non-hydrogen) atoms. The summed E-state index contributed by atoms with van der Waals surface area (Å²) in [4.78, 5) is 27.8. The number of carbonyl (C=O) groups excluding carboxylic acids is 2. The number of benzene rings is 2. The van der Waals surface area contributed by atoms with Gasteiger partial charge in [0.1, 0.15) is 24.2 Å². The average Bonchev–Trinajstić information content (AvgIpc) is 3.50. The van der Waals surface area contributed by atoms with Crippen molar-refractivity contribution < 1.29 is 28.9 Å². The van der Waals surface area contributed by atoms with E-state index in [1.165, 1.54) is 12.8 Å². The highest BCUT2D eigenvalue weighted by Crippen LogP contribution is 2.23. The molecule has 0 spiro atoms. The molecule has 2 aromatic rings. The van der Waals surface area contributed by atoms with Crippen molar-refractivity contribution in [1.29, 1.82) is 0 Å². The number of hydrogen-bond acceptors (Lipinski definition) is 7. The summed E-state index contributed by atoms with van der Waals surface area (Å²) >= 11 is 0. The minimum atomic E-state index is -0.843. The first kappa shape index (κ1) is 32.6. The standard InChI is InChI=1S/C33H48N2O6/c1-3-4-5-8-22-40-28-18-14-27(15-19-28)33(38)30(25-35-20-6-7-21-35)34-32(37)11-9-10-31(36)26-12-16-29(17-13-26)41-24-23-39-2/h12-19,30,33,38H,3-11,20-25H2,1-2H3,(H,34,37). The highest BCUT2D eigenvalue weighted by atomic mass is 16.5. The van der Waals surface area contributed by atoms with Crippen LogP contribution in [-0.4, -0.2) is 74.3 Å². The van der Waals surface area contributed by atoms with Gasteiger partial charge in [0, 0.05) is 32.1 Å². The summed E-state index contributed by atoms with van der Waals surface area (Å²) in [7, 11) is 1.62. The molecule has 2 N–H and O–H groups in total. The largest absolute Gasteiger partial charge is 0.494 e. The highest BCUT2D eigenvalue weighted by Gasteiger charge is 2.26. The van der Waals surface area contributed by atoms with Crippen LogP contribution in [0.5, 0.6) is 11.5 Å². The zero-order valence-electron chi connectivity index (χ0n) is 24.8. The Balaban J connectivity index is 1.48. The lowest BCUT2D eigenvalue weighted by Gasteiger charge is -2.29. The zero-order valence-corrected chi connectivity index (χ0v) is 24.8. The Kier molecular flexibility index (Phi) is 14.7. The number of methoxy groups -OCH3 is 1. The molecule has 1 saturated heterocycles. The van der Waals surface area contributed by atoms with Crippen molar-refractivity contribution in [2.75, 3.05) is 46.6 Å². The van der Waals surface area contributed by atoms with E-state index in [-0.39, 0.29) is 24.5 Å². The molecule has 3 rings (SSSR count). The van der Waals surface area contributed by atoms with E-state index in [2.05, 4.69) is 17.1 Å². The number of nitrogens with one attached hydrogen (secondary N) is 1. The Bertz CT molecular complexity index is 1020. The van der Waals surface area contributed by atoms with Gasteiger partial charge in [-0.05, 0) is 80.7 Å². The quantitative estimate of drug-likeness (QED) is 0.164.